The number of carbonyl (C=O) groups is 1. The van der Waals surface area contributed by atoms with E-state index in [-0.39, 0.29) is 6.61 Å². The van der Waals surface area contributed by atoms with Crippen LogP contribution < -0.4 is 5.32 Å². The van der Waals surface area contributed by atoms with Crippen LogP contribution in [0.4, 0.5) is 4.79 Å². The van der Waals surface area contributed by atoms with Crippen LogP contribution in [0.2, 0.25) is 0 Å². The van der Waals surface area contributed by atoms with Gasteiger partial charge < -0.3 is 15.0 Å². The first kappa shape index (κ1) is 14.8. The molecule has 0 aliphatic heterocycles. The SMILES string of the molecule is CNC(=O)OC/C=C/Cc1ccc(Cc2cnc[nH]2)cc1. The summed E-state index contributed by atoms with van der Waals surface area (Å²) in [4.78, 5) is 17.9. The van der Waals surface area contributed by atoms with E-state index in [0.29, 0.717) is 0 Å². The number of hydrogen-bond acceptors (Lipinski definition) is 3. The van der Waals surface area contributed by atoms with Crippen LogP contribution in [0.25, 0.3) is 0 Å². The van der Waals surface area contributed by atoms with Gasteiger partial charge in [-0.05, 0) is 17.5 Å². The normalized spacial score (nSPS) is 10.7. The number of H-pyrrole nitrogens is 1. The Kier molecular flexibility index (Phi) is 5.58. The molecule has 0 saturated carbocycles. The molecule has 2 rings (SSSR count). The zero-order chi connectivity index (χ0) is 14.9. The summed E-state index contributed by atoms with van der Waals surface area (Å²) in [5, 5.41) is 2.40. The van der Waals surface area contributed by atoms with Crippen LogP contribution in [-0.4, -0.2) is 29.7 Å². The molecule has 0 spiro atoms. The van der Waals surface area contributed by atoms with Crippen molar-refractivity contribution in [3.8, 4) is 0 Å². The van der Waals surface area contributed by atoms with Crippen LogP contribution >= 0.6 is 0 Å². The molecule has 21 heavy (non-hydrogen) atoms. The van der Waals surface area contributed by atoms with Crippen molar-refractivity contribution in [1.29, 1.82) is 0 Å². The second-order valence-electron chi connectivity index (χ2n) is 4.59. The van der Waals surface area contributed by atoms with Crippen molar-refractivity contribution < 1.29 is 9.53 Å². The molecule has 110 valence electrons. The number of hydrogen-bond donors (Lipinski definition) is 2. The number of ether oxygens (including phenoxy) is 1. The lowest BCUT2D eigenvalue weighted by Gasteiger charge is -2.02. The first-order valence-electron chi connectivity index (χ1n) is 6.82. The van der Waals surface area contributed by atoms with Crippen LogP contribution in [0.3, 0.4) is 0 Å². The molecule has 0 saturated heterocycles. The molecule has 0 aliphatic carbocycles. The Morgan fingerprint density at radius 2 is 2.05 bits per heavy atom. The topological polar surface area (TPSA) is 67.0 Å². The fourth-order valence-electron chi connectivity index (χ4n) is 1.88. The standard InChI is InChI=1S/C16H19N3O2/c1-17-16(20)21-9-3-2-4-13-5-7-14(8-6-13)10-15-11-18-12-19-15/h2-3,5-8,11-12H,4,9-10H2,1H3,(H,17,20)(H,18,19)/b3-2+. The third-order valence-electron chi connectivity index (χ3n) is 3.01. The fraction of sp³-hybridized carbons (Fsp3) is 0.250. The number of benzene rings is 1. The predicted octanol–water partition coefficient (Wildman–Crippen LogP) is 2.46. The first-order valence-corrected chi connectivity index (χ1v) is 6.82. The highest BCUT2D eigenvalue weighted by molar-refractivity contribution is 5.66. The van der Waals surface area contributed by atoms with Gasteiger partial charge in [0.05, 0.1) is 6.33 Å². The molecule has 2 aromatic rings. The third kappa shape index (κ3) is 5.14. The summed E-state index contributed by atoms with van der Waals surface area (Å²) in [6.07, 6.45) is 8.62. The Morgan fingerprint density at radius 3 is 2.71 bits per heavy atom. The quantitative estimate of drug-likeness (QED) is 0.801. The smallest absolute Gasteiger partial charge is 0.407 e. The number of amides is 1. The lowest BCUT2D eigenvalue weighted by Crippen LogP contribution is -2.18. The number of allylic oxidation sites excluding steroid dienone is 1. The van der Waals surface area contributed by atoms with Gasteiger partial charge in [-0.15, -0.1) is 0 Å². The summed E-state index contributed by atoms with van der Waals surface area (Å²) >= 11 is 0. The highest BCUT2D eigenvalue weighted by Gasteiger charge is 1.98. The number of aromatic amines is 1. The van der Waals surface area contributed by atoms with E-state index in [0.717, 1.165) is 18.5 Å². The number of nitrogens with one attached hydrogen (secondary N) is 2. The molecule has 2 N–H and O–H groups in total. The molecule has 0 unspecified atom stereocenters. The molecule has 0 bridgehead atoms. The van der Waals surface area contributed by atoms with Crippen LogP contribution in [0.15, 0.2) is 48.9 Å². The molecule has 1 aromatic carbocycles. The molecule has 1 aromatic heterocycles. The number of carbonyl (C=O) groups excluding carboxylic acids is 1. The van der Waals surface area contributed by atoms with E-state index in [4.69, 9.17) is 4.74 Å². The van der Waals surface area contributed by atoms with Crippen molar-refractivity contribution in [2.75, 3.05) is 13.7 Å². The molecule has 1 amide bonds. The van der Waals surface area contributed by atoms with Gasteiger partial charge in [0.2, 0.25) is 0 Å². The zero-order valence-electron chi connectivity index (χ0n) is 12.0. The summed E-state index contributed by atoms with van der Waals surface area (Å²) in [6, 6.07) is 8.45. The van der Waals surface area contributed by atoms with Gasteiger partial charge in [-0.25, -0.2) is 9.78 Å². The number of alkyl carbamates (subject to hydrolysis) is 1. The van der Waals surface area contributed by atoms with Gasteiger partial charge in [-0.2, -0.15) is 0 Å². The van der Waals surface area contributed by atoms with E-state index in [1.54, 1.807) is 6.33 Å². The summed E-state index contributed by atoms with van der Waals surface area (Å²) in [6.45, 7) is 0.289. The van der Waals surface area contributed by atoms with Crippen LogP contribution in [0.1, 0.15) is 16.8 Å². The monoisotopic (exact) mass is 285 g/mol. The molecule has 1 heterocycles. The molecular formula is C16H19N3O2. The van der Waals surface area contributed by atoms with Crippen molar-refractivity contribution in [3.05, 3.63) is 65.8 Å². The van der Waals surface area contributed by atoms with Crippen molar-refractivity contribution in [2.45, 2.75) is 12.8 Å². The molecule has 5 nitrogen and oxygen atoms in total. The summed E-state index contributed by atoms with van der Waals surface area (Å²) in [5.41, 5.74) is 3.57. The fourth-order valence-corrected chi connectivity index (χ4v) is 1.88. The number of rotatable bonds is 6. The minimum Gasteiger partial charge on any atom is -0.445 e. The Morgan fingerprint density at radius 1 is 1.29 bits per heavy atom. The van der Waals surface area contributed by atoms with Crippen molar-refractivity contribution >= 4 is 6.09 Å². The van der Waals surface area contributed by atoms with Gasteiger partial charge in [0.25, 0.3) is 0 Å². The van der Waals surface area contributed by atoms with Crippen molar-refractivity contribution in [1.82, 2.24) is 15.3 Å². The maximum atomic E-state index is 10.8. The van der Waals surface area contributed by atoms with E-state index in [1.807, 2.05) is 18.3 Å². The molecule has 0 aliphatic rings. The molecule has 0 fully saturated rings. The summed E-state index contributed by atoms with van der Waals surface area (Å²) < 4.78 is 4.86. The van der Waals surface area contributed by atoms with Gasteiger partial charge in [0.15, 0.2) is 0 Å². The van der Waals surface area contributed by atoms with Crippen molar-refractivity contribution in [2.24, 2.45) is 0 Å². The van der Waals surface area contributed by atoms with Crippen LogP contribution in [-0.2, 0) is 17.6 Å². The number of aromatic nitrogens is 2. The van der Waals surface area contributed by atoms with E-state index in [9.17, 15) is 4.79 Å². The van der Waals surface area contributed by atoms with Gasteiger partial charge in [-0.3, -0.25) is 0 Å². The van der Waals surface area contributed by atoms with E-state index in [2.05, 4.69) is 39.6 Å². The largest absolute Gasteiger partial charge is 0.445 e. The average molecular weight is 285 g/mol. The minimum absolute atomic E-state index is 0.289. The highest BCUT2D eigenvalue weighted by Crippen LogP contribution is 2.09. The van der Waals surface area contributed by atoms with Crippen molar-refractivity contribution in [3.63, 3.8) is 0 Å². The Balaban J connectivity index is 1.77. The first-order chi connectivity index (χ1) is 10.3. The Hall–Kier alpha value is -2.56. The van der Waals surface area contributed by atoms with Gasteiger partial charge in [0.1, 0.15) is 6.61 Å². The van der Waals surface area contributed by atoms with E-state index in [1.165, 1.54) is 18.2 Å². The molecule has 5 heteroatoms. The van der Waals surface area contributed by atoms with Gasteiger partial charge >= 0.3 is 6.09 Å². The Labute approximate surface area is 124 Å². The molecular weight excluding hydrogens is 266 g/mol. The van der Waals surface area contributed by atoms with E-state index >= 15 is 0 Å². The predicted molar refractivity (Wildman–Crippen MR) is 81.1 cm³/mol. The van der Waals surface area contributed by atoms with Gasteiger partial charge in [-0.1, -0.05) is 36.4 Å². The maximum absolute atomic E-state index is 10.8. The third-order valence-corrected chi connectivity index (χ3v) is 3.01. The van der Waals surface area contributed by atoms with Gasteiger partial charge in [0, 0.05) is 25.4 Å². The second kappa shape index (κ2) is 7.89. The lowest BCUT2D eigenvalue weighted by molar-refractivity contribution is 0.160. The molecule has 0 radical (unpaired) electrons. The lowest BCUT2D eigenvalue weighted by atomic mass is 10.1. The number of nitrogens with zero attached hydrogens (tertiary/aromatic N) is 1. The van der Waals surface area contributed by atoms with E-state index < -0.39 is 6.09 Å². The summed E-state index contributed by atoms with van der Waals surface area (Å²) in [5.74, 6) is 0. The van der Waals surface area contributed by atoms with Crippen LogP contribution in [0, 0.1) is 0 Å². The second-order valence-corrected chi connectivity index (χ2v) is 4.59. The molecule has 0 atom stereocenters. The minimum atomic E-state index is -0.414. The number of imidazole rings is 1. The summed E-state index contributed by atoms with van der Waals surface area (Å²) in [7, 11) is 1.54. The average Bonchev–Trinajstić information content (AvgIpc) is 3.01. The Bertz CT molecular complexity index is 574. The highest BCUT2D eigenvalue weighted by atomic mass is 16.5. The van der Waals surface area contributed by atoms with Crippen LogP contribution in [0.5, 0.6) is 0 Å². The zero-order valence-corrected chi connectivity index (χ0v) is 12.0. The maximum Gasteiger partial charge on any atom is 0.407 e.